The molecule has 2 N–H and O–H groups in total. The minimum atomic E-state index is 0.339. The van der Waals surface area contributed by atoms with E-state index >= 15 is 0 Å². The number of hydrogen-bond donors (Lipinski definition) is 2. The summed E-state index contributed by atoms with van der Waals surface area (Å²) in [4.78, 5) is 3.10. The van der Waals surface area contributed by atoms with Crippen LogP contribution >= 0.6 is 15.9 Å². The summed E-state index contributed by atoms with van der Waals surface area (Å²) in [5, 5.41) is 10.8. The number of nitrogens with one attached hydrogen (secondary N) is 1. The number of hydrogen-bond acceptors (Lipinski definition) is 1. The van der Waals surface area contributed by atoms with E-state index in [-0.39, 0.29) is 0 Å². The van der Waals surface area contributed by atoms with Gasteiger partial charge < -0.3 is 10.1 Å². The molecule has 0 aliphatic carbocycles. The number of aromatic nitrogens is 1. The first-order valence-corrected chi connectivity index (χ1v) is 4.87. The van der Waals surface area contributed by atoms with Gasteiger partial charge in [0.15, 0.2) is 0 Å². The summed E-state index contributed by atoms with van der Waals surface area (Å²) in [5.41, 5.74) is 2.83. The second-order valence-corrected chi connectivity index (χ2v) is 4.01. The van der Waals surface area contributed by atoms with Crippen LogP contribution in [0.5, 0.6) is 5.75 Å². The van der Waals surface area contributed by atoms with Crippen molar-refractivity contribution in [2.75, 3.05) is 0 Å². The van der Waals surface area contributed by atoms with E-state index in [1.54, 1.807) is 0 Å². The van der Waals surface area contributed by atoms with Crippen LogP contribution in [0.1, 0.15) is 11.1 Å². The van der Waals surface area contributed by atoms with Crippen LogP contribution in [0.15, 0.2) is 16.7 Å². The monoisotopic (exact) mass is 239 g/mol. The van der Waals surface area contributed by atoms with Gasteiger partial charge in [-0.15, -0.1) is 0 Å². The number of aromatic amines is 1. The molecule has 0 fully saturated rings. The third kappa shape index (κ3) is 1.15. The molecule has 0 amide bonds. The van der Waals surface area contributed by atoms with E-state index in [9.17, 15) is 5.11 Å². The molecule has 0 spiro atoms. The zero-order chi connectivity index (χ0) is 9.59. The van der Waals surface area contributed by atoms with E-state index in [1.807, 2.05) is 26.0 Å². The molecule has 13 heavy (non-hydrogen) atoms. The predicted octanol–water partition coefficient (Wildman–Crippen LogP) is 3.25. The fraction of sp³-hybridized carbons (Fsp3) is 0.200. The quantitative estimate of drug-likeness (QED) is 0.728. The standard InChI is InChI=1S/C10H10BrNO/c1-5-3-4-7-6(2)10(11)12-8(7)9(5)13/h3-4,12-13H,1-2H3. The zero-order valence-electron chi connectivity index (χ0n) is 7.48. The minimum Gasteiger partial charge on any atom is -0.505 e. The lowest BCUT2D eigenvalue weighted by Crippen LogP contribution is -1.76. The Morgan fingerprint density at radius 3 is 2.69 bits per heavy atom. The van der Waals surface area contributed by atoms with Crippen molar-refractivity contribution in [3.8, 4) is 5.75 Å². The summed E-state index contributed by atoms with van der Waals surface area (Å²) < 4.78 is 0.934. The van der Waals surface area contributed by atoms with Crippen LogP contribution in [-0.4, -0.2) is 10.1 Å². The Labute approximate surface area is 84.7 Å². The molecule has 0 unspecified atom stereocenters. The lowest BCUT2D eigenvalue weighted by Gasteiger charge is -1.99. The highest BCUT2D eigenvalue weighted by molar-refractivity contribution is 9.10. The topological polar surface area (TPSA) is 36.0 Å². The number of benzene rings is 1. The summed E-state index contributed by atoms with van der Waals surface area (Å²) in [6.45, 7) is 3.90. The number of rotatable bonds is 0. The van der Waals surface area contributed by atoms with Gasteiger partial charge in [-0.2, -0.15) is 0 Å². The molecular formula is C10H10BrNO. The first-order valence-electron chi connectivity index (χ1n) is 4.07. The van der Waals surface area contributed by atoms with E-state index in [0.717, 1.165) is 26.6 Å². The fourth-order valence-electron chi connectivity index (χ4n) is 1.46. The number of fused-ring (bicyclic) bond motifs is 1. The molecule has 2 rings (SSSR count). The predicted molar refractivity (Wildman–Crippen MR) is 57.1 cm³/mol. The van der Waals surface area contributed by atoms with Crippen molar-refractivity contribution in [2.45, 2.75) is 13.8 Å². The van der Waals surface area contributed by atoms with Gasteiger partial charge in [-0.25, -0.2) is 0 Å². The Bertz CT molecular complexity index is 473. The zero-order valence-corrected chi connectivity index (χ0v) is 9.07. The van der Waals surface area contributed by atoms with Gasteiger partial charge in [0.05, 0.1) is 10.1 Å². The van der Waals surface area contributed by atoms with Crippen LogP contribution in [0, 0.1) is 13.8 Å². The molecule has 2 nitrogen and oxygen atoms in total. The maximum Gasteiger partial charge on any atom is 0.142 e. The molecule has 1 aromatic carbocycles. The van der Waals surface area contributed by atoms with Gasteiger partial charge in [-0.1, -0.05) is 12.1 Å². The normalized spacial score (nSPS) is 11.0. The summed E-state index contributed by atoms with van der Waals surface area (Å²) in [7, 11) is 0. The molecule has 68 valence electrons. The molecule has 0 bridgehead atoms. The Morgan fingerprint density at radius 2 is 2.00 bits per heavy atom. The average molecular weight is 240 g/mol. The van der Waals surface area contributed by atoms with Gasteiger partial charge in [0.1, 0.15) is 5.75 Å². The largest absolute Gasteiger partial charge is 0.505 e. The molecule has 1 aromatic heterocycles. The van der Waals surface area contributed by atoms with Crippen LogP contribution < -0.4 is 0 Å². The maximum absolute atomic E-state index is 9.74. The molecule has 3 heteroatoms. The molecule has 0 saturated carbocycles. The summed E-state index contributed by atoms with van der Waals surface area (Å²) in [5.74, 6) is 0.339. The number of aryl methyl sites for hydroxylation is 2. The molecule has 0 aliphatic heterocycles. The SMILES string of the molecule is Cc1ccc2c(C)c(Br)[nH]c2c1O. The van der Waals surface area contributed by atoms with Gasteiger partial charge in [0.25, 0.3) is 0 Å². The van der Waals surface area contributed by atoms with Gasteiger partial charge in [-0.3, -0.25) is 0 Å². The highest BCUT2D eigenvalue weighted by Gasteiger charge is 2.09. The highest BCUT2D eigenvalue weighted by atomic mass is 79.9. The Balaban J connectivity index is 2.94. The van der Waals surface area contributed by atoms with Crippen molar-refractivity contribution in [2.24, 2.45) is 0 Å². The van der Waals surface area contributed by atoms with Crippen molar-refractivity contribution in [3.63, 3.8) is 0 Å². The van der Waals surface area contributed by atoms with Crippen LogP contribution in [0.4, 0.5) is 0 Å². The minimum absolute atomic E-state index is 0.339. The number of H-pyrrole nitrogens is 1. The lowest BCUT2D eigenvalue weighted by molar-refractivity contribution is 0.476. The molecule has 2 aromatic rings. The summed E-state index contributed by atoms with van der Waals surface area (Å²) in [6, 6.07) is 3.94. The Morgan fingerprint density at radius 1 is 1.31 bits per heavy atom. The van der Waals surface area contributed by atoms with E-state index in [0.29, 0.717) is 5.75 Å². The number of phenolic OH excluding ortho intramolecular Hbond substituents is 1. The third-order valence-electron chi connectivity index (χ3n) is 2.35. The fourth-order valence-corrected chi connectivity index (χ4v) is 1.87. The van der Waals surface area contributed by atoms with Crippen molar-refractivity contribution in [3.05, 3.63) is 27.9 Å². The van der Waals surface area contributed by atoms with Crippen molar-refractivity contribution in [1.29, 1.82) is 0 Å². The number of phenols is 1. The first-order chi connectivity index (χ1) is 6.11. The van der Waals surface area contributed by atoms with E-state index in [4.69, 9.17) is 0 Å². The molecule has 1 heterocycles. The molecule has 0 radical (unpaired) electrons. The molecule has 0 saturated heterocycles. The van der Waals surface area contributed by atoms with Gasteiger partial charge in [-0.05, 0) is 40.9 Å². The van der Waals surface area contributed by atoms with Gasteiger partial charge in [0.2, 0.25) is 0 Å². The smallest absolute Gasteiger partial charge is 0.142 e. The van der Waals surface area contributed by atoms with Crippen molar-refractivity contribution in [1.82, 2.24) is 4.98 Å². The second kappa shape index (κ2) is 2.77. The van der Waals surface area contributed by atoms with Crippen LogP contribution in [0.2, 0.25) is 0 Å². The first kappa shape index (κ1) is 8.63. The Kier molecular flexibility index (Phi) is 1.84. The van der Waals surface area contributed by atoms with Gasteiger partial charge in [0, 0.05) is 5.39 Å². The average Bonchev–Trinajstić information content (AvgIpc) is 2.38. The maximum atomic E-state index is 9.74. The second-order valence-electron chi connectivity index (χ2n) is 3.22. The molecule has 0 aliphatic rings. The molecule has 0 atom stereocenters. The molecular weight excluding hydrogens is 230 g/mol. The van der Waals surface area contributed by atoms with Crippen LogP contribution in [0.25, 0.3) is 10.9 Å². The van der Waals surface area contributed by atoms with Crippen LogP contribution in [0.3, 0.4) is 0 Å². The summed E-state index contributed by atoms with van der Waals surface area (Å²) in [6.07, 6.45) is 0. The number of aromatic hydroxyl groups is 1. The van der Waals surface area contributed by atoms with Gasteiger partial charge >= 0.3 is 0 Å². The van der Waals surface area contributed by atoms with E-state index in [2.05, 4.69) is 20.9 Å². The number of halogens is 1. The van der Waals surface area contributed by atoms with Crippen LogP contribution in [-0.2, 0) is 0 Å². The van der Waals surface area contributed by atoms with E-state index in [1.165, 1.54) is 0 Å². The third-order valence-corrected chi connectivity index (χ3v) is 3.14. The van der Waals surface area contributed by atoms with Crippen molar-refractivity contribution >= 4 is 26.8 Å². The highest BCUT2D eigenvalue weighted by Crippen LogP contribution is 2.33. The Hall–Kier alpha value is -0.960. The lowest BCUT2D eigenvalue weighted by atomic mass is 10.1. The van der Waals surface area contributed by atoms with E-state index < -0.39 is 0 Å². The summed E-state index contributed by atoms with van der Waals surface area (Å²) >= 11 is 3.40. The van der Waals surface area contributed by atoms with Crippen molar-refractivity contribution < 1.29 is 5.11 Å².